The van der Waals surface area contributed by atoms with Gasteiger partial charge in [-0.05, 0) is 24.8 Å². The van der Waals surface area contributed by atoms with E-state index in [1.807, 2.05) is 12.1 Å². The second-order valence-corrected chi connectivity index (χ2v) is 10.4. The van der Waals surface area contributed by atoms with Gasteiger partial charge in [0.2, 0.25) is 5.91 Å². The lowest BCUT2D eigenvalue weighted by atomic mass is 9.83. The number of rotatable bonds is 5. The molecule has 3 aliphatic rings. The highest BCUT2D eigenvalue weighted by Crippen LogP contribution is 2.34. The first-order valence-electron chi connectivity index (χ1n) is 11.3. The van der Waals surface area contributed by atoms with E-state index < -0.39 is 23.6 Å². The molecule has 2 aliphatic heterocycles. The molecule has 174 valence electrons. The number of carbonyl (C=O) groups is 3. The molecule has 0 spiro atoms. The third-order valence-corrected chi connectivity index (χ3v) is 8.16. The monoisotopic (exact) mass is 488 g/mol. The summed E-state index contributed by atoms with van der Waals surface area (Å²) >= 11 is 7.66. The van der Waals surface area contributed by atoms with Crippen molar-refractivity contribution in [3.05, 3.63) is 35.7 Å². The molecule has 1 N–H and O–H groups in total. The van der Waals surface area contributed by atoms with Crippen LogP contribution in [0.15, 0.2) is 30.7 Å². The molecule has 1 unspecified atom stereocenters. The van der Waals surface area contributed by atoms with E-state index in [-0.39, 0.29) is 41.7 Å². The van der Waals surface area contributed by atoms with Crippen LogP contribution in [0.2, 0.25) is 0 Å². The molecule has 33 heavy (non-hydrogen) atoms. The van der Waals surface area contributed by atoms with Gasteiger partial charge in [-0.2, -0.15) is 0 Å². The Kier molecular flexibility index (Phi) is 6.44. The number of aromatic nitrogens is 2. The van der Waals surface area contributed by atoms with Gasteiger partial charge in [0.1, 0.15) is 24.8 Å². The maximum Gasteiger partial charge on any atom is 0.280 e. The summed E-state index contributed by atoms with van der Waals surface area (Å²) in [7, 11) is 0. The van der Waals surface area contributed by atoms with Crippen LogP contribution in [0.3, 0.4) is 0 Å². The molecule has 3 fully saturated rings. The van der Waals surface area contributed by atoms with Gasteiger partial charge in [0.15, 0.2) is 10.8 Å². The number of hydrogen-bond acceptors (Lipinski definition) is 7. The Labute approximate surface area is 200 Å². The normalized spacial score (nSPS) is 26.3. The first-order valence-corrected chi connectivity index (χ1v) is 12.5. The molecule has 1 aliphatic carbocycles. The van der Waals surface area contributed by atoms with Crippen molar-refractivity contribution < 1.29 is 19.1 Å². The van der Waals surface area contributed by atoms with Crippen molar-refractivity contribution in [3.8, 4) is 10.4 Å². The second-order valence-electron chi connectivity index (χ2n) is 8.81. The van der Waals surface area contributed by atoms with E-state index in [1.165, 1.54) is 16.2 Å². The minimum atomic E-state index is -0.723. The van der Waals surface area contributed by atoms with Crippen molar-refractivity contribution in [2.75, 3.05) is 13.2 Å². The summed E-state index contributed by atoms with van der Waals surface area (Å²) < 4.78 is 5.53. The highest BCUT2D eigenvalue weighted by Gasteiger charge is 2.53. The summed E-state index contributed by atoms with van der Waals surface area (Å²) in [6.07, 6.45) is 9.43. The van der Waals surface area contributed by atoms with Crippen molar-refractivity contribution in [1.29, 1.82) is 0 Å². The molecular weight excluding hydrogens is 464 g/mol. The van der Waals surface area contributed by atoms with Crippen molar-refractivity contribution in [3.63, 3.8) is 0 Å². The van der Waals surface area contributed by atoms with E-state index in [0.717, 1.165) is 42.5 Å². The number of Topliss-reactive ketones (excluding diaryl/α,β-unsaturated/α-hetero) is 1. The van der Waals surface area contributed by atoms with Gasteiger partial charge < -0.3 is 15.0 Å². The fourth-order valence-corrected chi connectivity index (χ4v) is 6.24. The number of fused-ring (bicyclic) bond motifs is 1. The number of amides is 2. The number of alkyl halides is 1. The summed E-state index contributed by atoms with van der Waals surface area (Å²) in [6.45, 7) is 0.210. The third-order valence-electron chi connectivity index (χ3n) is 6.73. The predicted molar refractivity (Wildman–Crippen MR) is 123 cm³/mol. The molecule has 0 radical (unpaired) electrons. The molecule has 10 heteroatoms. The van der Waals surface area contributed by atoms with Gasteiger partial charge in [0.25, 0.3) is 5.91 Å². The SMILES string of the molecule is O=C(NC(C(=O)N1C[C@H](Cl)[C@H]2OCC(=O)[C@H]21)C1CCCCC1)c1ncc(-c2cccnc2)s1. The predicted octanol–water partition coefficient (Wildman–Crippen LogP) is 2.67. The van der Waals surface area contributed by atoms with Crippen LogP contribution < -0.4 is 5.32 Å². The maximum absolute atomic E-state index is 13.7. The van der Waals surface area contributed by atoms with Crippen molar-refractivity contribution in [1.82, 2.24) is 20.2 Å². The first-order chi connectivity index (χ1) is 16.0. The van der Waals surface area contributed by atoms with Gasteiger partial charge in [-0.1, -0.05) is 25.3 Å². The average molecular weight is 489 g/mol. The fraction of sp³-hybridized carbons (Fsp3) is 0.522. The minimum Gasteiger partial charge on any atom is -0.366 e. The van der Waals surface area contributed by atoms with E-state index in [1.54, 1.807) is 18.6 Å². The van der Waals surface area contributed by atoms with Gasteiger partial charge in [0.05, 0.1) is 10.3 Å². The van der Waals surface area contributed by atoms with Crippen LogP contribution >= 0.6 is 22.9 Å². The van der Waals surface area contributed by atoms with E-state index in [0.29, 0.717) is 0 Å². The van der Waals surface area contributed by atoms with Gasteiger partial charge in [-0.15, -0.1) is 22.9 Å². The summed E-state index contributed by atoms with van der Waals surface area (Å²) in [4.78, 5) is 50.0. The number of ether oxygens (including phenoxy) is 1. The number of ketones is 1. The molecule has 4 heterocycles. The molecular formula is C23H25ClN4O4S. The van der Waals surface area contributed by atoms with Gasteiger partial charge >= 0.3 is 0 Å². The molecule has 0 aromatic carbocycles. The number of nitrogens with zero attached hydrogens (tertiary/aromatic N) is 3. The summed E-state index contributed by atoms with van der Waals surface area (Å²) in [5.74, 6) is -0.757. The van der Waals surface area contributed by atoms with Crippen LogP contribution in [0.25, 0.3) is 10.4 Å². The minimum absolute atomic E-state index is 0.0122. The van der Waals surface area contributed by atoms with Gasteiger partial charge in [-0.3, -0.25) is 19.4 Å². The number of pyridine rings is 1. The van der Waals surface area contributed by atoms with Crippen LogP contribution in [-0.4, -0.2) is 69.2 Å². The molecule has 2 aromatic heterocycles. The molecule has 1 saturated carbocycles. The lowest BCUT2D eigenvalue weighted by Crippen LogP contribution is -2.55. The number of carbonyl (C=O) groups excluding carboxylic acids is 3. The van der Waals surface area contributed by atoms with Crippen LogP contribution in [0.4, 0.5) is 0 Å². The number of likely N-dealkylation sites (tertiary alicyclic amines) is 1. The molecule has 2 aromatic rings. The Hall–Kier alpha value is -2.36. The molecule has 5 rings (SSSR count). The summed E-state index contributed by atoms with van der Waals surface area (Å²) in [5.41, 5.74) is 0.880. The van der Waals surface area contributed by atoms with E-state index >= 15 is 0 Å². The first kappa shape index (κ1) is 22.4. The standard InChI is InChI=1S/C23H25ClN4O4S/c24-15-11-28(19-16(29)12-32-20(15)19)23(31)18(13-5-2-1-3-6-13)27-21(30)22-26-10-17(33-22)14-7-4-8-25-9-14/h4,7-10,13,15,18-20H,1-3,5-6,11-12H2,(H,27,30)/t15-,18?,19+,20+/m0/s1. The summed E-state index contributed by atoms with van der Waals surface area (Å²) in [6, 6.07) is 2.34. The largest absolute Gasteiger partial charge is 0.366 e. The molecule has 2 saturated heterocycles. The molecule has 8 nitrogen and oxygen atoms in total. The zero-order valence-electron chi connectivity index (χ0n) is 18.0. The lowest BCUT2D eigenvalue weighted by molar-refractivity contribution is -0.139. The Morgan fingerprint density at radius 3 is 2.82 bits per heavy atom. The Bertz CT molecular complexity index is 1040. The number of hydrogen-bond donors (Lipinski definition) is 1. The Morgan fingerprint density at radius 1 is 1.24 bits per heavy atom. The van der Waals surface area contributed by atoms with E-state index in [2.05, 4.69) is 15.3 Å². The highest BCUT2D eigenvalue weighted by atomic mass is 35.5. The average Bonchev–Trinajstić information content (AvgIpc) is 3.56. The van der Waals surface area contributed by atoms with Crippen molar-refractivity contribution >= 4 is 40.5 Å². The van der Waals surface area contributed by atoms with Crippen molar-refractivity contribution in [2.24, 2.45) is 5.92 Å². The number of nitrogens with one attached hydrogen (secondary N) is 1. The van der Waals surface area contributed by atoms with Gasteiger partial charge in [-0.25, -0.2) is 4.98 Å². The third kappa shape index (κ3) is 4.41. The Balaban J connectivity index is 1.37. The van der Waals surface area contributed by atoms with Crippen LogP contribution in [0.5, 0.6) is 0 Å². The summed E-state index contributed by atoms with van der Waals surface area (Å²) in [5, 5.41) is 2.81. The molecule has 2 amide bonds. The van der Waals surface area contributed by atoms with Gasteiger partial charge in [0, 0.05) is 30.7 Å². The fourth-order valence-electron chi connectivity index (χ4n) is 5.08. The number of thiazole rings is 1. The second kappa shape index (κ2) is 9.48. The van der Waals surface area contributed by atoms with Crippen LogP contribution in [-0.2, 0) is 14.3 Å². The molecule has 0 bridgehead atoms. The maximum atomic E-state index is 13.7. The number of halogens is 1. The smallest absolute Gasteiger partial charge is 0.280 e. The van der Waals surface area contributed by atoms with E-state index in [4.69, 9.17) is 16.3 Å². The van der Waals surface area contributed by atoms with Crippen molar-refractivity contribution in [2.45, 2.75) is 55.7 Å². The quantitative estimate of drug-likeness (QED) is 0.649. The van der Waals surface area contributed by atoms with Crippen LogP contribution in [0, 0.1) is 5.92 Å². The topological polar surface area (TPSA) is 101 Å². The highest BCUT2D eigenvalue weighted by molar-refractivity contribution is 7.17. The Morgan fingerprint density at radius 2 is 2.06 bits per heavy atom. The van der Waals surface area contributed by atoms with E-state index in [9.17, 15) is 14.4 Å². The molecule has 4 atom stereocenters. The zero-order valence-corrected chi connectivity index (χ0v) is 19.6. The zero-order chi connectivity index (χ0) is 22.9. The lowest BCUT2D eigenvalue weighted by Gasteiger charge is -2.34. The van der Waals surface area contributed by atoms with Crippen LogP contribution in [0.1, 0.15) is 41.9 Å².